The van der Waals surface area contributed by atoms with Crippen LogP contribution < -0.4 is 9.47 Å². The monoisotopic (exact) mass is 692 g/mol. The van der Waals surface area contributed by atoms with E-state index in [1.54, 1.807) is 84.9 Å². The van der Waals surface area contributed by atoms with E-state index < -0.39 is 23.9 Å². The highest BCUT2D eigenvalue weighted by Crippen LogP contribution is 2.26. The van der Waals surface area contributed by atoms with Crippen LogP contribution in [0.1, 0.15) is 41.4 Å². The van der Waals surface area contributed by atoms with Gasteiger partial charge in [-0.3, -0.25) is 0 Å². The van der Waals surface area contributed by atoms with Crippen LogP contribution in [0.25, 0.3) is 32.7 Å². The predicted molar refractivity (Wildman–Crippen MR) is 193 cm³/mol. The van der Waals surface area contributed by atoms with Crippen molar-refractivity contribution in [1.29, 1.82) is 0 Å². The van der Waals surface area contributed by atoms with Crippen molar-refractivity contribution in [2.45, 2.75) is 0 Å². The highest BCUT2D eigenvalue weighted by atomic mass is 16.5. The van der Waals surface area contributed by atoms with Crippen LogP contribution >= 0.6 is 0 Å². The van der Waals surface area contributed by atoms with Gasteiger partial charge in [0.2, 0.25) is 0 Å². The Hall–Kier alpha value is -7.46. The fourth-order valence-corrected chi connectivity index (χ4v) is 5.23. The number of carboxylic acid groups (broad SMARTS) is 2. The molecular formula is C42H28O10. The number of hydrogen-bond acceptors (Lipinski definition) is 8. The minimum atomic E-state index is -1.07. The maximum atomic E-state index is 12.7. The summed E-state index contributed by atoms with van der Waals surface area (Å²) in [5.74, 6) is -2.21. The number of aromatic hydroxyl groups is 2. The molecule has 0 saturated carbocycles. The molecular weight excluding hydrogens is 664 g/mol. The first kappa shape index (κ1) is 34.4. The summed E-state index contributed by atoms with van der Waals surface area (Å²) in [7, 11) is 0. The number of ether oxygens (including phenoxy) is 2. The van der Waals surface area contributed by atoms with Gasteiger partial charge >= 0.3 is 23.9 Å². The molecule has 0 heterocycles. The summed E-state index contributed by atoms with van der Waals surface area (Å²) in [5, 5.41) is 39.2. The molecule has 0 aliphatic heterocycles. The Kier molecular flexibility index (Phi) is 9.91. The van der Waals surface area contributed by atoms with E-state index in [-0.39, 0.29) is 28.4 Å². The number of fused-ring (bicyclic) bond motifs is 2. The summed E-state index contributed by atoms with van der Waals surface area (Å²) >= 11 is 0. The minimum Gasteiger partial charge on any atom is -0.508 e. The summed E-state index contributed by atoms with van der Waals surface area (Å²) in [6.45, 7) is 0. The van der Waals surface area contributed by atoms with Gasteiger partial charge in [-0.1, -0.05) is 48.5 Å². The molecule has 4 N–H and O–H groups in total. The second-order valence-corrected chi connectivity index (χ2v) is 11.5. The van der Waals surface area contributed by atoms with Crippen molar-refractivity contribution in [1.82, 2.24) is 0 Å². The molecule has 0 saturated heterocycles. The number of hydrogen-bond donors (Lipinski definition) is 4. The normalized spacial score (nSPS) is 10.5. The maximum Gasteiger partial charge on any atom is 0.343 e. The van der Waals surface area contributed by atoms with E-state index in [1.807, 2.05) is 24.3 Å². The van der Waals surface area contributed by atoms with Crippen LogP contribution in [0.5, 0.6) is 23.0 Å². The number of phenols is 2. The zero-order valence-electron chi connectivity index (χ0n) is 27.1. The SMILES string of the molecule is O=C(O)c1ccc(OC(=O)c2ccc3cc(OC(=O)c4ccc5cc(C(=O)O)ccc5c4)ccc3c2)cc1.Oc1ccc(-c2ccc(O)cc2)cc1. The highest BCUT2D eigenvalue weighted by Gasteiger charge is 2.14. The van der Waals surface area contributed by atoms with E-state index in [0.717, 1.165) is 21.9 Å². The van der Waals surface area contributed by atoms with E-state index in [0.29, 0.717) is 27.6 Å². The lowest BCUT2D eigenvalue weighted by atomic mass is 10.0. The molecule has 0 aliphatic carbocycles. The number of aromatic carboxylic acids is 2. The van der Waals surface area contributed by atoms with Crippen molar-refractivity contribution in [3.63, 3.8) is 0 Å². The van der Waals surface area contributed by atoms with Gasteiger partial charge in [-0.05, 0) is 130 Å². The Morgan fingerprint density at radius 1 is 0.365 bits per heavy atom. The van der Waals surface area contributed by atoms with Crippen molar-refractivity contribution in [3.05, 3.63) is 168 Å². The van der Waals surface area contributed by atoms with Crippen LogP contribution in [0.2, 0.25) is 0 Å². The second kappa shape index (κ2) is 15.0. The molecule has 0 bridgehead atoms. The van der Waals surface area contributed by atoms with E-state index in [2.05, 4.69) is 0 Å². The number of benzene rings is 7. The number of esters is 2. The molecule has 7 rings (SSSR count). The molecule has 0 aromatic heterocycles. The smallest absolute Gasteiger partial charge is 0.343 e. The third-order valence-electron chi connectivity index (χ3n) is 7.96. The van der Waals surface area contributed by atoms with Gasteiger partial charge in [0.25, 0.3) is 0 Å². The van der Waals surface area contributed by atoms with Crippen LogP contribution in [0, 0.1) is 0 Å². The second-order valence-electron chi connectivity index (χ2n) is 11.5. The van der Waals surface area contributed by atoms with Gasteiger partial charge in [-0.25, -0.2) is 19.2 Å². The van der Waals surface area contributed by atoms with Gasteiger partial charge in [-0.15, -0.1) is 0 Å². The number of rotatable bonds is 7. The minimum absolute atomic E-state index is 0.0851. The fraction of sp³-hybridized carbons (Fsp3) is 0. The van der Waals surface area contributed by atoms with Crippen molar-refractivity contribution >= 4 is 45.4 Å². The van der Waals surface area contributed by atoms with Crippen LogP contribution in [0.15, 0.2) is 146 Å². The zero-order chi connectivity index (χ0) is 36.8. The summed E-state index contributed by atoms with van der Waals surface area (Å²) in [6, 6.07) is 38.9. The standard InChI is InChI=1S/C30H18O8.C12H10O2/c31-27(32)17-7-10-25(11-8-17)37-29(35)23-6-3-21-16-26(12-9-20(21)15-23)38-30(36)24-5-2-18-13-22(28(33)34)4-1-19(18)14-24;13-11-5-1-9(2-6-11)10-3-7-12(14)8-4-10/h1-16H,(H,31,32)(H,33,34);1-8,13-14H. The summed E-state index contributed by atoms with van der Waals surface area (Å²) in [4.78, 5) is 47.4. The van der Waals surface area contributed by atoms with Gasteiger partial charge in [0.15, 0.2) is 0 Å². The van der Waals surface area contributed by atoms with E-state index in [9.17, 15) is 19.2 Å². The average Bonchev–Trinajstić information content (AvgIpc) is 3.15. The highest BCUT2D eigenvalue weighted by molar-refractivity contribution is 6.00. The number of carbonyl (C=O) groups excluding carboxylic acids is 2. The average molecular weight is 693 g/mol. The molecule has 0 unspecified atom stereocenters. The Morgan fingerprint density at radius 3 is 1.17 bits per heavy atom. The van der Waals surface area contributed by atoms with Crippen LogP contribution in [0.3, 0.4) is 0 Å². The Bertz CT molecular complexity index is 2410. The molecule has 52 heavy (non-hydrogen) atoms. The third-order valence-corrected chi connectivity index (χ3v) is 7.96. The number of carbonyl (C=O) groups is 4. The van der Waals surface area contributed by atoms with E-state index in [4.69, 9.17) is 29.9 Å². The lowest BCUT2D eigenvalue weighted by Gasteiger charge is -2.09. The third kappa shape index (κ3) is 8.21. The van der Waals surface area contributed by atoms with Gasteiger partial charge in [-0.2, -0.15) is 0 Å². The molecule has 7 aromatic carbocycles. The van der Waals surface area contributed by atoms with Crippen molar-refractivity contribution in [3.8, 4) is 34.1 Å². The molecule has 0 atom stereocenters. The number of carboxylic acids is 2. The molecule has 7 aromatic rings. The molecule has 0 radical (unpaired) electrons. The fourth-order valence-electron chi connectivity index (χ4n) is 5.23. The lowest BCUT2D eigenvalue weighted by Crippen LogP contribution is -2.09. The first-order chi connectivity index (χ1) is 25.0. The molecule has 10 heteroatoms. The maximum absolute atomic E-state index is 12.7. The van der Waals surface area contributed by atoms with E-state index >= 15 is 0 Å². The molecule has 0 aliphatic rings. The van der Waals surface area contributed by atoms with Crippen molar-refractivity contribution in [2.75, 3.05) is 0 Å². The molecule has 0 spiro atoms. The zero-order valence-corrected chi connectivity index (χ0v) is 27.1. The Morgan fingerprint density at radius 2 is 0.712 bits per heavy atom. The van der Waals surface area contributed by atoms with Gasteiger partial charge in [0.05, 0.1) is 22.3 Å². The predicted octanol–water partition coefficient (Wildman–Crippen LogP) is 8.59. The van der Waals surface area contributed by atoms with Gasteiger partial charge in [0.1, 0.15) is 23.0 Å². The quantitative estimate of drug-likeness (QED) is 0.0938. The lowest BCUT2D eigenvalue weighted by molar-refractivity contribution is 0.0686. The Balaban J connectivity index is 0.000000276. The molecule has 0 fully saturated rings. The Labute approximate surface area is 296 Å². The van der Waals surface area contributed by atoms with Crippen LogP contribution in [0.4, 0.5) is 0 Å². The van der Waals surface area contributed by atoms with Crippen LogP contribution in [-0.4, -0.2) is 44.3 Å². The summed E-state index contributed by atoms with van der Waals surface area (Å²) in [5.41, 5.74) is 2.89. The summed E-state index contributed by atoms with van der Waals surface area (Å²) < 4.78 is 10.9. The first-order valence-corrected chi connectivity index (χ1v) is 15.7. The van der Waals surface area contributed by atoms with Gasteiger partial charge < -0.3 is 29.9 Å². The van der Waals surface area contributed by atoms with Crippen LogP contribution in [-0.2, 0) is 0 Å². The molecule has 0 amide bonds. The van der Waals surface area contributed by atoms with E-state index in [1.165, 1.54) is 36.4 Å². The van der Waals surface area contributed by atoms with Gasteiger partial charge in [0, 0.05) is 0 Å². The van der Waals surface area contributed by atoms with Crippen molar-refractivity contribution in [2.24, 2.45) is 0 Å². The largest absolute Gasteiger partial charge is 0.508 e. The van der Waals surface area contributed by atoms with Crippen molar-refractivity contribution < 1.29 is 49.1 Å². The number of phenolic OH excluding ortho intramolecular Hbond substituents is 2. The molecule has 256 valence electrons. The first-order valence-electron chi connectivity index (χ1n) is 15.7. The molecule has 10 nitrogen and oxygen atoms in total. The topological polar surface area (TPSA) is 168 Å². The summed E-state index contributed by atoms with van der Waals surface area (Å²) in [6.07, 6.45) is 0.